The number of nitrogens with zero attached hydrogens (tertiary/aromatic N) is 2. The van der Waals surface area contributed by atoms with Gasteiger partial charge >= 0.3 is 5.97 Å². The van der Waals surface area contributed by atoms with Gasteiger partial charge in [0.25, 0.3) is 0 Å². The quantitative estimate of drug-likeness (QED) is 0.307. The predicted octanol–water partition coefficient (Wildman–Crippen LogP) is 4.90. The molecule has 0 saturated carbocycles. The maximum absolute atomic E-state index is 12.8. The number of methoxy groups -OCH3 is 2. The Morgan fingerprint density at radius 1 is 1.06 bits per heavy atom. The number of hydrogen-bond acceptors (Lipinski definition) is 8. The van der Waals surface area contributed by atoms with Crippen molar-refractivity contribution in [2.75, 3.05) is 33.1 Å². The lowest BCUT2D eigenvalue weighted by Gasteiger charge is -2.15. The molecule has 1 aromatic heterocycles. The van der Waals surface area contributed by atoms with Crippen LogP contribution in [0.1, 0.15) is 28.9 Å². The van der Waals surface area contributed by atoms with Gasteiger partial charge in [-0.15, -0.1) is 23.1 Å². The first-order valence-corrected chi connectivity index (χ1v) is 12.8. The minimum atomic E-state index is -0.433. The van der Waals surface area contributed by atoms with Gasteiger partial charge in [0.1, 0.15) is 11.6 Å². The maximum atomic E-state index is 12.8. The Morgan fingerprint density at radius 2 is 1.82 bits per heavy atom. The van der Waals surface area contributed by atoms with E-state index in [9.17, 15) is 9.59 Å². The van der Waals surface area contributed by atoms with Gasteiger partial charge in [-0.2, -0.15) is 0 Å². The highest BCUT2D eigenvalue weighted by molar-refractivity contribution is 8.00. The number of esters is 1. The Hall–Kier alpha value is -3.04. The summed E-state index contributed by atoms with van der Waals surface area (Å²) in [5.41, 5.74) is 2.01. The molecule has 1 aliphatic rings. The van der Waals surface area contributed by atoms with E-state index in [-0.39, 0.29) is 12.5 Å². The molecular formula is C25H26N2O5S2. The summed E-state index contributed by atoms with van der Waals surface area (Å²) in [6.07, 6.45) is 2.12. The molecule has 4 rings (SSSR count). The number of aromatic nitrogens is 1. The molecule has 9 heteroatoms. The minimum Gasteiger partial charge on any atom is -0.493 e. The smallest absolute Gasteiger partial charge is 0.339 e. The van der Waals surface area contributed by atoms with Gasteiger partial charge in [-0.3, -0.25) is 4.79 Å². The molecule has 1 saturated heterocycles. The van der Waals surface area contributed by atoms with Crippen molar-refractivity contribution in [3.63, 3.8) is 0 Å². The fourth-order valence-corrected chi connectivity index (χ4v) is 5.40. The van der Waals surface area contributed by atoms with Crippen LogP contribution in [0.2, 0.25) is 0 Å². The monoisotopic (exact) mass is 498 g/mol. The van der Waals surface area contributed by atoms with Crippen molar-refractivity contribution in [3.05, 3.63) is 59.1 Å². The highest BCUT2D eigenvalue weighted by Crippen LogP contribution is 2.33. The number of ether oxygens (including phenoxy) is 3. The SMILES string of the molecule is COc1ccc(-c2nc(COC(=O)c3ccccc3SCC(=O)N3CCCC3)cs2)cc1OC. The normalized spacial score (nSPS) is 13.1. The van der Waals surface area contributed by atoms with Crippen molar-refractivity contribution in [1.29, 1.82) is 0 Å². The second kappa shape index (κ2) is 11.4. The molecule has 0 atom stereocenters. The van der Waals surface area contributed by atoms with E-state index in [1.165, 1.54) is 23.1 Å². The van der Waals surface area contributed by atoms with Crippen molar-refractivity contribution in [2.24, 2.45) is 0 Å². The summed E-state index contributed by atoms with van der Waals surface area (Å²) in [7, 11) is 3.18. The highest BCUT2D eigenvalue weighted by atomic mass is 32.2. The standard InChI is InChI=1S/C25H26N2O5S2/c1-30-20-10-9-17(13-21(20)31-2)24-26-18(15-34-24)14-32-25(29)19-7-3-4-8-22(19)33-16-23(28)27-11-5-6-12-27/h3-4,7-10,13,15H,5-6,11-12,14,16H2,1-2H3. The number of carbonyl (C=O) groups is 2. The molecule has 0 radical (unpaired) electrons. The number of rotatable bonds is 9. The van der Waals surface area contributed by atoms with Crippen LogP contribution >= 0.6 is 23.1 Å². The topological polar surface area (TPSA) is 78.0 Å². The van der Waals surface area contributed by atoms with Gasteiger partial charge in [-0.25, -0.2) is 9.78 Å². The number of amides is 1. The maximum Gasteiger partial charge on any atom is 0.339 e. The summed E-state index contributed by atoms with van der Waals surface area (Å²) in [6.45, 7) is 1.71. The van der Waals surface area contributed by atoms with Crippen molar-refractivity contribution in [3.8, 4) is 22.1 Å². The molecule has 0 N–H and O–H groups in total. The van der Waals surface area contributed by atoms with E-state index in [1.807, 2.05) is 40.6 Å². The Balaban J connectivity index is 1.37. The summed E-state index contributed by atoms with van der Waals surface area (Å²) in [5.74, 6) is 1.26. The lowest BCUT2D eigenvalue weighted by Crippen LogP contribution is -2.29. The predicted molar refractivity (Wildman–Crippen MR) is 133 cm³/mol. The molecule has 2 aromatic carbocycles. The Morgan fingerprint density at radius 3 is 2.59 bits per heavy atom. The zero-order valence-electron chi connectivity index (χ0n) is 19.1. The average molecular weight is 499 g/mol. The Kier molecular flexibility index (Phi) is 8.08. The summed E-state index contributed by atoms with van der Waals surface area (Å²) in [4.78, 5) is 32.4. The van der Waals surface area contributed by atoms with E-state index in [2.05, 4.69) is 4.98 Å². The second-order valence-corrected chi connectivity index (χ2v) is 9.54. The van der Waals surface area contributed by atoms with Crippen molar-refractivity contribution < 1.29 is 23.8 Å². The first-order chi connectivity index (χ1) is 16.6. The van der Waals surface area contributed by atoms with E-state index in [0.29, 0.717) is 28.5 Å². The van der Waals surface area contributed by atoms with Crippen molar-refractivity contribution in [1.82, 2.24) is 9.88 Å². The molecule has 0 bridgehead atoms. The van der Waals surface area contributed by atoms with Crippen LogP contribution in [0.4, 0.5) is 0 Å². The van der Waals surface area contributed by atoms with E-state index in [1.54, 1.807) is 26.4 Å². The van der Waals surface area contributed by atoms with E-state index < -0.39 is 5.97 Å². The van der Waals surface area contributed by atoms with Crippen LogP contribution in [0.5, 0.6) is 11.5 Å². The molecule has 2 heterocycles. The summed E-state index contributed by atoms with van der Waals surface area (Å²) in [6, 6.07) is 12.8. The molecule has 1 amide bonds. The molecule has 0 unspecified atom stereocenters. The molecule has 3 aromatic rings. The fourth-order valence-electron chi connectivity index (χ4n) is 3.65. The van der Waals surface area contributed by atoms with Crippen LogP contribution in [-0.4, -0.2) is 54.8 Å². The largest absolute Gasteiger partial charge is 0.493 e. The first kappa shape index (κ1) is 24.1. The lowest BCUT2D eigenvalue weighted by atomic mass is 10.2. The van der Waals surface area contributed by atoms with Crippen LogP contribution in [0.15, 0.2) is 52.7 Å². The summed E-state index contributed by atoms with van der Waals surface area (Å²) < 4.78 is 16.2. The van der Waals surface area contributed by atoms with Crippen molar-refractivity contribution in [2.45, 2.75) is 24.3 Å². The van der Waals surface area contributed by atoms with Gasteiger partial charge in [-0.1, -0.05) is 12.1 Å². The Labute approximate surface area is 207 Å². The number of benzene rings is 2. The van der Waals surface area contributed by atoms with Gasteiger partial charge in [0.15, 0.2) is 11.5 Å². The lowest BCUT2D eigenvalue weighted by molar-refractivity contribution is -0.127. The molecule has 34 heavy (non-hydrogen) atoms. The Bertz CT molecular complexity index is 1160. The molecule has 0 aliphatic carbocycles. The zero-order chi connectivity index (χ0) is 23.9. The summed E-state index contributed by atoms with van der Waals surface area (Å²) in [5, 5.41) is 2.66. The van der Waals surface area contributed by atoms with Crippen LogP contribution in [0, 0.1) is 0 Å². The van der Waals surface area contributed by atoms with Crippen LogP contribution in [0.3, 0.4) is 0 Å². The summed E-state index contributed by atoms with van der Waals surface area (Å²) >= 11 is 2.84. The van der Waals surface area contributed by atoms with Crippen LogP contribution in [-0.2, 0) is 16.1 Å². The van der Waals surface area contributed by atoms with Crippen molar-refractivity contribution >= 4 is 35.0 Å². The average Bonchev–Trinajstić information content (AvgIpc) is 3.58. The third kappa shape index (κ3) is 5.71. The second-order valence-electron chi connectivity index (χ2n) is 7.66. The van der Waals surface area contributed by atoms with Gasteiger partial charge in [-0.05, 0) is 43.2 Å². The fraction of sp³-hybridized carbons (Fsp3) is 0.320. The van der Waals surface area contributed by atoms with E-state index in [0.717, 1.165) is 41.4 Å². The number of thioether (sulfide) groups is 1. The number of likely N-dealkylation sites (tertiary alicyclic amines) is 1. The van der Waals surface area contributed by atoms with E-state index >= 15 is 0 Å². The van der Waals surface area contributed by atoms with Gasteiger partial charge in [0.2, 0.25) is 5.91 Å². The first-order valence-electron chi connectivity index (χ1n) is 10.9. The molecular weight excluding hydrogens is 472 g/mol. The van der Waals surface area contributed by atoms with Gasteiger partial charge in [0, 0.05) is 28.9 Å². The number of hydrogen-bond donors (Lipinski definition) is 0. The van der Waals surface area contributed by atoms with Gasteiger partial charge in [0.05, 0.1) is 31.2 Å². The van der Waals surface area contributed by atoms with Gasteiger partial charge < -0.3 is 19.1 Å². The molecule has 1 fully saturated rings. The zero-order valence-corrected chi connectivity index (χ0v) is 20.7. The molecule has 7 nitrogen and oxygen atoms in total. The number of carbonyl (C=O) groups excluding carboxylic acids is 2. The molecule has 178 valence electrons. The molecule has 0 spiro atoms. The number of thiazole rings is 1. The van der Waals surface area contributed by atoms with E-state index in [4.69, 9.17) is 14.2 Å². The minimum absolute atomic E-state index is 0.0638. The third-order valence-corrected chi connectivity index (χ3v) is 7.45. The highest BCUT2D eigenvalue weighted by Gasteiger charge is 2.20. The third-order valence-electron chi connectivity index (χ3n) is 5.45. The molecule has 1 aliphatic heterocycles. The van der Waals surface area contributed by atoms with Crippen LogP contribution < -0.4 is 9.47 Å². The van der Waals surface area contributed by atoms with Crippen LogP contribution in [0.25, 0.3) is 10.6 Å².